The summed E-state index contributed by atoms with van der Waals surface area (Å²) >= 11 is 8.34. The van der Waals surface area contributed by atoms with E-state index in [1.807, 2.05) is 0 Å². The van der Waals surface area contributed by atoms with Gasteiger partial charge in [-0.1, -0.05) is 23.2 Å². The lowest BCUT2D eigenvalue weighted by molar-refractivity contribution is -0.193. The van der Waals surface area contributed by atoms with Gasteiger partial charge in [-0.05, 0) is 0 Å². The van der Waals surface area contributed by atoms with Crippen LogP contribution < -0.4 is 0 Å². The monoisotopic (exact) mass is 202 g/mol. The molecule has 0 heterocycles. The first-order valence-electron chi connectivity index (χ1n) is 1.93. The lowest BCUT2D eigenvalue weighted by atomic mass is 10.4. The third-order valence-corrected chi connectivity index (χ3v) is 0.958. The van der Waals surface area contributed by atoms with E-state index in [4.69, 9.17) is 0 Å². The summed E-state index contributed by atoms with van der Waals surface area (Å²) in [5, 5.41) is 0. The highest BCUT2D eigenvalue weighted by molar-refractivity contribution is 6.47. The highest BCUT2D eigenvalue weighted by Gasteiger charge is 2.54. The smallest absolute Gasteiger partial charge is 0.231 e. The number of halogens is 7. The highest BCUT2D eigenvalue weighted by Crippen LogP contribution is 2.38. The molecule has 0 saturated heterocycles. The average molecular weight is 203 g/mol. The molecule has 0 radical (unpaired) electrons. The Labute approximate surface area is 62.9 Å². The van der Waals surface area contributed by atoms with Crippen molar-refractivity contribution in [2.45, 2.75) is 16.9 Å². The second kappa shape index (κ2) is 2.70. The van der Waals surface area contributed by atoms with Gasteiger partial charge in [-0.15, -0.1) is 0 Å². The van der Waals surface area contributed by atoms with Crippen LogP contribution in [0, 0.1) is 0 Å². The minimum absolute atomic E-state index is 3.87. The van der Waals surface area contributed by atoms with Crippen LogP contribution in [0.25, 0.3) is 0 Å². The minimum Gasteiger partial charge on any atom is -0.231 e. The first kappa shape index (κ1) is 10.2. The lowest BCUT2D eigenvalue weighted by Gasteiger charge is -2.17. The van der Waals surface area contributed by atoms with Crippen LogP contribution in [0.15, 0.2) is 0 Å². The molecular weight excluding hydrogens is 202 g/mol. The molecule has 1 atom stereocenters. The lowest BCUT2D eigenvalue weighted by Crippen LogP contribution is -2.36. The molecule has 0 aliphatic heterocycles. The van der Waals surface area contributed by atoms with Gasteiger partial charge < -0.3 is 0 Å². The predicted octanol–water partition coefficient (Wildman–Crippen LogP) is 2.99. The van der Waals surface area contributed by atoms with E-state index in [-0.39, 0.29) is 0 Å². The maximum Gasteiger partial charge on any atom is 0.425 e. The summed E-state index contributed by atoms with van der Waals surface area (Å²) in [7, 11) is 0. The van der Waals surface area contributed by atoms with E-state index in [0.717, 1.165) is 0 Å². The van der Waals surface area contributed by atoms with E-state index in [1.165, 1.54) is 0 Å². The summed E-state index contributed by atoms with van der Waals surface area (Å²) in [5.74, 6) is 0. The van der Waals surface area contributed by atoms with Crippen molar-refractivity contribution in [3.8, 4) is 0 Å². The van der Waals surface area contributed by atoms with E-state index in [2.05, 4.69) is 23.2 Å². The molecule has 0 N–H and O–H groups in total. The van der Waals surface area contributed by atoms with Gasteiger partial charge in [0.15, 0.2) is 0 Å². The van der Waals surface area contributed by atoms with Gasteiger partial charge in [0, 0.05) is 0 Å². The van der Waals surface area contributed by atoms with E-state index >= 15 is 0 Å². The standard InChI is InChI=1S/C3HCl2F5/c4-2(5,7)1(6)3(8,9)10/h1H/t1-/m0/s1. The van der Waals surface area contributed by atoms with Crippen LogP contribution >= 0.6 is 23.2 Å². The Morgan fingerprint density at radius 3 is 1.30 bits per heavy atom. The van der Waals surface area contributed by atoms with Crippen molar-refractivity contribution < 1.29 is 22.0 Å². The van der Waals surface area contributed by atoms with Crippen LogP contribution in [-0.4, -0.2) is 16.9 Å². The molecule has 0 amide bonds. The number of hydrogen-bond acceptors (Lipinski definition) is 0. The SMILES string of the molecule is F[C@H](C(F)(F)F)C(F)(Cl)Cl. The van der Waals surface area contributed by atoms with Crippen LogP contribution in [0.4, 0.5) is 22.0 Å². The Balaban J connectivity index is 4.23. The fraction of sp³-hybridized carbons (Fsp3) is 1.00. The van der Waals surface area contributed by atoms with Gasteiger partial charge in [0.1, 0.15) is 0 Å². The van der Waals surface area contributed by atoms with Crippen molar-refractivity contribution >= 4 is 23.2 Å². The molecule has 0 aliphatic carbocycles. The first-order valence-corrected chi connectivity index (χ1v) is 2.69. The van der Waals surface area contributed by atoms with E-state index < -0.39 is 16.9 Å². The molecule has 7 heteroatoms. The Bertz CT molecular complexity index is 99.0. The van der Waals surface area contributed by atoms with Crippen LogP contribution in [0.3, 0.4) is 0 Å². The normalized spacial score (nSPS) is 17.1. The van der Waals surface area contributed by atoms with Crippen LogP contribution in [0.2, 0.25) is 0 Å². The quantitative estimate of drug-likeness (QED) is 0.453. The zero-order chi connectivity index (χ0) is 8.58. The first-order chi connectivity index (χ1) is 4.15. The fourth-order valence-electron chi connectivity index (χ4n) is 0.186. The number of rotatable bonds is 1. The second-order valence-electron chi connectivity index (χ2n) is 1.45. The summed E-state index contributed by atoms with van der Waals surface area (Å²) in [6.07, 6.45) is -9.23. The van der Waals surface area contributed by atoms with Crippen molar-refractivity contribution in [1.82, 2.24) is 0 Å². The molecule has 0 fully saturated rings. The third-order valence-electron chi connectivity index (χ3n) is 0.575. The second-order valence-corrected chi connectivity index (χ2v) is 2.74. The van der Waals surface area contributed by atoms with Gasteiger partial charge in [-0.3, -0.25) is 0 Å². The number of alkyl halides is 7. The van der Waals surface area contributed by atoms with Gasteiger partial charge in [0.05, 0.1) is 0 Å². The fourth-order valence-corrected chi connectivity index (χ4v) is 0.433. The Morgan fingerprint density at radius 2 is 1.30 bits per heavy atom. The largest absolute Gasteiger partial charge is 0.425 e. The zero-order valence-electron chi connectivity index (χ0n) is 4.22. The molecule has 0 unspecified atom stereocenters. The molecule has 0 saturated carbocycles. The van der Waals surface area contributed by atoms with E-state index in [9.17, 15) is 22.0 Å². The summed E-state index contributed by atoms with van der Waals surface area (Å²) in [5.41, 5.74) is 0. The van der Waals surface area contributed by atoms with Crippen molar-refractivity contribution in [3.05, 3.63) is 0 Å². The van der Waals surface area contributed by atoms with Gasteiger partial charge in [0.2, 0.25) is 0 Å². The highest BCUT2D eigenvalue weighted by atomic mass is 35.5. The van der Waals surface area contributed by atoms with E-state index in [1.54, 1.807) is 0 Å². The average Bonchev–Trinajstić information content (AvgIpc) is 1.59. The van der Waals surface area contributed by atoms with Gasteiger partial charge in [-0.2, -0.15) is 13.2 Å². The maximum atomic E-state index is 11.7. The minimum atomic E-state index is -5.36. The zero-order valence-corrected chi connectivity index (χ0v) is 5.73. The third kappa shape index (κ3) is 2.88. The van der Waals surface area contributed by atoms with Gasteiger partial charge in [0.25, 0.3) is 10.8 Å². The molecule has 0 aromatic heterocycles. The van der Waals surface area contributed by atoms with Gasteiger partial charge >= 0.3 is 6.18 Å². The molecule has 10 heavy (non-hydrogen) atoms. The van der Waals surface area contributed by atoms with Crippen molar-refractivity contribution in [3.63, 3.8) is 0 Å². The van der Waals surface area contributed by atoms with Crippen LogP contribution in [0.1, 0.15) is 0 Å². The predicted molar refractivity (Wildman–Crippen MR) is 26.5 cm³/mol. The molecule has 0 nitrogen and oxygen atoms in total. The van der Waals surface area contributed by atoms with Gasteiger partial charge in [-0.25, -0.2) is 8.78 Å². The molecule has 62 valence electrons. The Hall–Kier alpha value is 0.230. The molecule has 0 aromatic carbocycles. The molecule has 0 aliphatic rings. The van der Waals surface area contributed by atoms with Crippen LogP contribution in [-0.2, 0) is 0 Å². The van der Waals surface area contributed by atoms with E-state index in [0.29, 0.717) is 0 Å². The summed E-state index contributed by atoms with van der Waals surface area (Å²) in [4.78, 5) is 0. The molecule has 0 rings (SSSR count). The van der Waals surface area contributed by atoms with Crippen LogP contribution in [0.5, 0.6) is 0 Å². The Morgan fingerprint density at radius 1 is 1.00 bits per heavy atom. The summed E-state index contributed by atoms with van der Waals surface area (Å²) in [6.45, 7) is 0. The van der Waals surface area contributed by atoms with Crippen molar-refractivity contribution in [1.29, 1.82) is 0 Å². The van der Waals surface area contributed by atoms with Crippen molar-refractivity contribution in [2.75, 3.05) is 0 Å². The summed E-state index contributed by atoms with van der Waals surface area (Å²) < 4.78 is 52.9. The molecular formula is C3HCl2F5. The number of hydrogen-bond donors (Lipinski definition) is 0. The molecule has 0 aromatic rings. The topological polar surface area (TPSA) is 0 Å². The van der Waals surface area contributed by atoms with Crippen molar-refractivity contribution in [2.24, 2.45) is 0 Å². The Kier molecular flexibility index (Phi) is 2.76. The molecule has 0 spiro atoms. The molecule has 0 bridgehead atoms. The maximum absolute atomic E-state index is 11.7. The summed E-state index contributed by atoms with van der Waals surface area (Å²) in [6, 6.07) is 0.